The van der Waals surface area contributed by atoms with Gasteiger partial charge >= 0.3 is 0 Å². The third-order valence-electron chi connectivity index (χ3n) is 3.76. The van der Waals surface area contributed by atoms with E-state index in [1.807, 2.05) is 0 Å². The van der Waals surface area contributed by atoms with Gasteiger partial charge in [0.1, 0.15) is 12.3 Å². The highest BCUT2D eigenvalue weighted by Gasteiger charge is 2.37. The third kappa shape index (κ3) is 6.04. The first-order chi connectivity index (χ1) is 14.2. The number of rotatable bonds is 8. The van der Waals surface area contributed by atoms with Crippen molar-refractivity contribution in [3.05, 3.63) is 16.7 Å². The summed E-state index contributed by atoms with van der Waals surface area (Å²) in [5, 5.41) is 10.1. The van der Waals surface area contributed by atoms with Crippen LogP contribution in [0.4, 0.5) is 5.95 Å². The maximum Gasteiger partial charge on any atom is 0.280 e. The van der Waals surface area contributed by atoms with E-state index in [1.54, 1.807) is 0 Å². The number of imidazole rings is 1. The van der Waals surface area contributed by atoms with Gasteiger partial charge in [0.05, 0.1) is 26.9 Å². The van der Waals surface area contributed by atoms with Crippen molar-refractivity contribution >= 4 is 40.6 Å². The van der Waals surface area contributed by atoms with E-state index in [0.717, 1.165) is 0 Å². The maximum absolute atomic E-state index is 11.8. The van der Waals surface area contributed by atoms with Gasteiger partial charge in [0.25, 0.3) is 21.2 Å². The molecule has 5 atom stereocenters. The van der Waals surface area contributed by atoms with Gasteiger partial charge in [0.2, 0.25) is 5.95 Å². The topological polar surface area (TPSA) is 290 Å². The molecule has 174 valence electrons. The average Bonchev–Trinajstić information content (AvgIpc) is 3.13. The van der Waals surface area contributed by atoms with E-state index in [2.05, 4.69) is 28.1 Å². The van der Waals surface area contributed by atoms with Crippen LogP contribution in [-0.2, 0) is 31.6 Å². The van der Waals surface area contributed by atoms with Crippen LogP contribution >= 0.6 is 23.5 Å². The van der Waals surface area contributed by atoms with Crippen molar-refractivity contribution in [3.63, 3.8) is 0 Å². The lowest BCUT2D eigenvalue weighted by molar-refractivity contribution is -0.339. The number of aliphatic hydroxyl groups excluding tert-OH is 1. The van der Waals surface area contributed by atoms with Gasteiger partial charge in [-0.25, -0.2) is 9.29 Å². The van der Waals surface area contributed by atoms with Crippen LogP contribution in [0.3, 0.4) is 0 Å². The van der Waals surface area contributed by atoms with Crippen molar-refractivity contribution < 1.29 is 56.3 Å². The fraction of sp³-hybridized carbons (Fsp3) is 0.500. The summed E-state index contributed by atoms with van der Waals surface area (Å²) in [5.41, 5.74) is 4.78. The molecule has 0 amide bonds. The number of phosphoric ester groups is 1. The molecule has 0 bridgehead atoms. The summed E-state index contributed by atoms with van der Waals surface area (Å²) >= 11 is 0. The van der Waals surface area contributed by atoms with Crippen LogP contribution in [0.5, 0.6) is 0 Å². The lowest BCUT2D eigenvalue weighted by Gasteiger charge is -2.37. The van der Waals surface area contributed by atoms with Crippen molar-refractivity contribution in [3.8, 4) is 0 Å². The van der Waals surface area contributed by atoms with Crippen molar-refractivity contribution in [2.75, 3.05) is 12.3 Å². The number of hydrogen-bond acceptors (Lipinski definition) is 16. The Morgan fingerprint density at radius 2 is 1.94 bits per heavy atom. The molecule has 1 fully saturated rings. The Balaban J connectivity index is 1.67. The third-order valence-corrected chi connectivity index (χ3v) is 7.43. The second kappa shape index (κ2) is 8.44. The number of hydrogen-bond donors (Lipinski definition) is 3. The van der Waals surface area contributed by atoms with Gasteiger partial charge in [-0.15, -0.1) is 0 Å². The zero-order valence-corrected chi connectivity index (χ0v) is 17.5. The molecule has 0 saturated carbocycles. The van der Waals surface area contributed by atoms with Crippen molar-refractivity contribution in [2.45, 2.75) is 24.9 Å². The predicted octanol–water partition coefficient (Wildman–Crippen LogP) is -3.83. The molecule has 18 nitrogen and oxygen atoms in total. The summed E-state index contributed by atoms with van der Waals surface area (Å²) in [7, 11) is -18.0. The highest BCUT2D eigenvalue weighted by Crippen LogP contribution is 2.60. The van der Waals surface area contributed by atoms with Crippen LogP contribution in [0, 0.1) is 0 Å². The number of anilines is 1. The highest BCUT2D eigenvalue weighted by atomic mass is 31.3. The number of nitrogens with zero attached hydrogens (tertiary/aromatic N) is 3. The van der Waals surface area contributed by atoms with Gasteiger partial charge in [-0.05, 0) is 0 Å². The zero-order valence-electron chi connectivity index (χ0n) is 14.8. The zero-order chi connectivity index (χ0) is 23.2. The molecule has 21 heteroatoms. The summed E-state index contributed by atoms with van der Waals surface area (Å²) in [6.07, 6.45) is -2.64. The number of nitrogens with one attached hydrogen (secondary N) is 1. The monoisotopic (exact) mass is 503 g/mol. The molecule has 3 heterocycles. The van der Waals surface area contributed by atoms with Crippen LogP contribution in [0.2, 0.25) is 0 Å². The number of nitrogens with two attached hydrogens (primary N) is 1. The Kier molecular flexibility index (Phi) is 6.57. The van der Waals surface area contributed by atoms with E-state index < -0.39 is 54.1 Å². The quantitative estimate of drug-likeness (QED) is 0.291. The Morgan fingerprint density at radius 3 is 2.58 bits per heavy atom. The van der Waals surface area contributed by atoms with E-state index in [1.165, 1.54) is 10.9 Å². The molecule has 0 aliphatic carbocycles. The smallest absolute Gasteiger partial charge is 0.280 e. The number of fused-ring (bicyclic) bond motifs is 1. The summed E-state index contributed by atoms with van der Waals surface area (Å²) in [6.45, 7) is -0.965. The summed E-state index contributed by atoms with van der Waals surface area (Å²) < 4.78 is 50.4. The number of aromatic amines is 1. The molecule has 31 heavy (non-hydrogen) atoms. The molecule has 1 aliphatic heterocycles. The number of aromatic nitrogens is 4. The molecular formula is C10H12N5O13P3-4. The van der Waals surface area contributed by atoms with Gasteiger partial charge < -0.3 is 44.2 Å². The number of ether oxygens (including phenoxy) is 1. The number of aliphatic hydroxyl groups is 1. The van der Waals surface area contributed by atoms with Gasteiger partial charge in [-0.3, -0.25) is 27.8 Å². The van der Waals surface area contributed by atoms with Gasteiger partial charge in [0, 0.05) is 6.42 Å². The fourth-order valence-corrected chi connectivity index (χ4v) is 5.50. The van der Waals surface area contributed by atoms with E-state index in [0.29, 0.717) is 0 Å². The first kappa shape index (κ1) is 24.1. The number of H-pyrrole nitrogens is 1. The molecule has 2 unspecified atom stereocenters. The van der Waals surface area contributed by atoms with E-state index in [4.69, 9.17) is 10.5 Å². The second-order valence-electron chi connectivity index (χ2n) is 6.01. The van der Waals surface area contributed by atoms with Crippen LogP contribution < -0.4 is 30.9 Å². The van der Waals surface area contributed by atoms with Gasteiger partial charge in [-0.1, -0.05) is 0 Å². The minimum atomic E-state index is -6.12. The van der Waals surface area contributed by atoms with E-state index in [-0.39, 0.29) is 23.5 Å². The normalized spacial score (nSPS) is 26.0. The molecule has 0 aromatic carbocycles. The largest absolute Gasteiger partial charge is 0.790 e. The fourth-order valence-electron chi connectivity index (χ4n) is 2.64. The molecule has 2 aromatic rings. The standard InChI is InChI=1S/C10H16N5O13P3/c11-10-13-8-7(9(17)14-10)12-3-15(8)6-1-4(16)5(26-6)2-25-30(21,22)28-31(23,24)27-29(18,19)20/h3-6,16H,1-2H2,(H,21,22)(H,23,24)(H2,18,19,20)(H3,11,13,14,17)/p-4/t4-,5-,6-/m1/s1. The first-order valence-corrected chi connectivity index (χ1v) is 12.3. The predicted molar refractivity (Wildman–Crippen MR) is 88.0 cm³/mol. The van der Waals surface area contributed by atoms with Crippen LogP contribution in [-0.4, -0.2) is 43.4 Å². The van der Waals surface area contributed by atoms with Crippen LogP contribution in [0.25, 0.3) is 11.2 Å². The van der Waals surface area contributed by atoms with Crippen LogP contribution in [0.15, 0.2) is 11.1 Å². The summed E-state index contributed by atoms with van der Waals surface area (Å²) in [4.78, 5) is 65.1. The summed E-state index contributed by atoms with van der Waals surface area (Å²) in [6, 6.07) is 0. The second-order valence-corrected chi connectivity index (χ2v) is 10.3. The Hall–Kier alpha value is -1.52. The minimum absolute atomic E-state index is 0.0157. The Morgan fingerprint density at radius 1 is 1.26 bits per heavy atom. The molecule has 2 aromatic heterocycles. The Bertz CT molecular complexity index is 1170. The lowest BCUT2D eigenvalue weighted by atomic mass is 10.2. The van der Waals surface area contributed by atoms with Gasteiger partial charge in [0.15, 0.2) is 11.2 Å². The molecule has 3 rings (SSSR count). The maximum atomic E-state index is 11.8. The first-order valence-electron chi connectivity index (χ1n) is 7.93. The van der Waals surface area contributed by atoms with Crippen molar-refractivity contribution in [2.24, 2.45) is 0 Å². The Labute approximate surface area is 171 Å². The number of phosphoric acid groups is 3. The number of nitrogen functional groups attached to an aromatic ring is 1. The minimum Gasteiger partial charge on any atom is -0.790 e. The molecular weight excluding hydrogens is 491 g/mol. The van der Waals surface area contributed by atoms with Gasteiger partial charge in [-0.2, -0.15) is 4.98 Å². The van der Waals surface area contributed by atoms with E-state index in [9.17, 15) is 43.2 Å². The van der Waals surface area contributed by atoms with Crippen molar-refractivity contribution in [1.82, 2.24) is 19.5 Å². The molecule has 4 N–H and O–H groups in total. The van der Waals surface area contributed by atoms with Crippen molar-refractivity contribution in [1.29, 1.82) is 0 Å². The SMILES string of the molecule is Nc1nc2c(ncn2[C@H]2C[C@@H](O)[C@@H](COP(=O)([O-])OP(=O)([O-])OP(=O)([O-])[O-])O2)c(=O)[nH]1. The molecule has 1 aliphatic rings. The highest BCUT2D eigenvalue weighted by molar-refractivity contribution is 7.64. The lowest BCUT2D eigenvalue weighted by Crippen LogP contribution is -2.27. The summed E-state index contributed by atoms with van der Waals surface area (Å²) in [5.74, 6) is -0.216. The van der Waals surface area contributed by atoms with Crippen LogP contribution in [0.1, 0.15) is 12.6 Å². The molecule has 0 spiro atoms. The van der Waals surface area contributed by atoms with E-state index >= 15 is 0 Å². The molecule has 1 saturated heterocycles. The average molecular weight is 503 g/mol. The molecule has 0 radical (unpaired) electrons.